The Kier molecular flexibility index (Phi) is 5.60. The van der Waals surface area contributed by atoms with Gasteiger partial charge in [0.15, 0.2) is 5.17 Å². The summed E-state index contributed by atoms with van der Waals surface area (Å²) in [6.07, 6.45) is 1.80. The number of para-hydroxylation sites is 1. The summed E-state index contributed by atoms with van der Waals surface area (Å²) in [4.78, 5) is 32.0. The lowest BCUT2D eigenvalue weighted by Gasteiger charge is -2.15. The normalized spacial score (nSPS) is 16.6. The minimum Gasteiger partial charge on any atom is -0.268 e. The summed E-state index contributed by atoms with van der Waals surface area (Å²) in [7, 11) is 0. The summed E-state index contributed by atoms with van der Waals surface area (Å²) in [6, 6.07) is 25.4. The predicted molar refractivity (Wildman–Crippen MR) is 119 cm³/mol. The van der Waals surface area contributed by atoms with Gasteiger partial charge in [0, 0.05) is 0 Å². The maximum Gasteiger partial charge on any atom is 0.280 e. The molecule has 142 valence electrons. The number of anilines is 1. The van der Waals surface area contributed by atoms with Crippen LogP contribution in [0.5, 0.6) is 0 Å². The van der Waals surface area contributed by atoms with Crippen molar-refractivity contribution in [2.24, 2.45) is 4.99 Å². The molecule has 0 N–H and O–H groups in total. The van der Waals surface area contributed by atoms with Gasteiger partial charge >= 0.3 is 0 Å². The molecule has 1 fully saturated rings. The van der Waals surface area contributed by atoms with Crippen molar-refractivity contribution < 1.29 is 9.59 Å². The van der Waals surface area contributed by atoms with Gasteiger partial charge in [0.25, 0.3) is 11.8 Å². The number of carbonyl (C=O) groups excluding carboxylic acids is 2. The van der Waals surface area contributed by atoms with Crippen LogP contribution >= 0.6 is 23.4 Å². The van der Waals surface area contributed by atoms with Gasteiger partial charge in [0.1, 0.15) is 0 Å². The van der Waals surface area contributed by atoms with E-state index in [1.807, 2.05) is 48.5 Å². The Balaban J connectivity index is 1.76. The number of amides is 2. The van der Waals surface area contributed by atoms with E-state index in [0.717, 1.165) is 5.56 Å². The third kappa shape index (κ3) is 4.16. The van der Waals surface area contributed by atoms with Crippen molar-refractivity contribution >= 4 is 52.1 Å². The zero-order chi connectivity index (χ0) is 20.2. The molecule has 3 aromatic carbocycles. The molecule has 0 radical (unpaired) electrons. The number of rotatable bonds is 3. The van der Waals surface area contributed by atoms with Gasteiger partial charge in [-0.25, -0.2) is 0 Å². The second-order valence-corrected chi connectivity index (χ2v) is 7.59. The predicted octanol–water partition coefficient (Wildman–Crippen LogP) is 5.66. The number of hydrogen-bond donors (Lipinski definition) is 0. The highest BCUT2D eigenvalue weighted by Crippen LogP contribution is 2.36. The SMILES string of the molecule is O=C(N=C1SC(=Cc2ccccc2)C(=O)N1c1ccccc1)c1ccccc1Cl. The second kappa shape index (κ2) is 8.47. The number of nitrogens with zero attached hydrogens (tertiary/aromatic N) is 2. The topological polar surface area (TPSA) is 49.7 Å². The summed E-state index contributed by atoms with van der Waals surface area (Å²) in [5.41, 5.74) is 1.84. The fraction of sp³-hybridized carbons (Fsp3) is 0. The number of carbonyl (C=O) groups is 2. The molecule has 0 spiro atoms. The Morgan fingerprint density at radius 1 is 0.897 bits per heavy atom. The Labute approximate surface area is 177 Å². The lowest BCUT2D eigenvalue weighted by Crippen LogP contribution is -2.29. The van der Waals surface area contributed by atoms with Gasteiger partial charge < -0.3 is 0 Å². The zero-order valence-corrected chi connectivity index (χ0v) is 16.7. The molecular formula is C23H15ClN2O2S. The van der Waals surface area contributed by atoms with Gasteiger partial charge in [0.2, 0.25) is 0 Å². The van der Waals surface area contributed by atoms with Crippen LogP contribution in [-0.2, 0) is 4.79 Å². The highest BCUT2D eigenvalue weighted by atomic mass is 35.5. The minimum absolute atomic E-state index is 0.226. The van der Waals surface area contributed by atoms with Crippen molar-refractivity contribution in [3.8, 4) is 0 Å². The Hall–Kier alpha value is -3.15. The maximum absolute atomic E-state index is 13.1. The van der Waals surface area contributed by atoms with Gasteiger partial charge in [0.05, 0.1) is 21.2 Å². The van der Waals surface area contributed by atoms with Gasteiger partial charge in [-0.15, -0.1) is 0 Å². The molecule has 4 nitrogen and oxygen atoms in total. The first-order valence-corrected chi connectivity index (χ1v) is 10.0. The highest BCUT2D eigenvalue weighted by molar-refractivity contribution is 8.19. The first-order chi connectivity index (χ1) is 14.1. The standard InChI is InChI=1S/C23H15ClN2O2S/c24-19-14-8-7-13-18(19)21(27)25-23-26(17-11-5-2-6-12-17)22(28)20(29-23)15-16-9-3-1-4-10-16/h1-15H. The van der Waals surface area contributed by atoms with Crippen molar-refractivity contribution in [3.05, 3.63) is 106 Å². The van der Waals surface area contributed by atoms with E-state index < -0.39 is 5.91 Å². The van der Waals surface area contributed by atoms with Crippen molar-refractivity contribution in [1.82, 2.24) is 0 Å². The van der Waals surface area contributed by atoms with E-state index >= 15 is 0 Å². The van der Waals surface area contributed by atoms with Crippen LogP contribution in [0.25, 0.3) is 6.08 Å². The van der Waals surface area contributed by atoms with E-state index in [1.165, 1.54) is 16.7 Å². The number of benzene rings is 3. The van der Waals surface area contributed by atoms with Crippen LogP contribution in [0.3, 0.4) is 0 Å². The monoisotopic (exact) mass is 418 g/mol. The molecule has 1 heterocycles. The number of thioether (sulfide) groups is 1. The summed E-state index contributed by atoms with van der Waals surface area (Å²) < 4.78 is 0. The van der Waals surface area contributed by atoms with Crippen LogP contribution in [0.15, 0.2) is 94.8 Å². The maximum atomic E-state index is 13.1. The molecule has 0 aliphatic carbocycles. The lowest BCUT2D eigenvalue weighted by molar-refractivity contribution is -0.113. The molecule has 1 aliphatic rings. The van der Waals surface area contributed by atoms with Crippen LogP contribution < -0.4 is 4.90 Å². The fourth-order valence-electron chi connectivity index (χ4n) is 2.84. The second-order valence-electron chi connectivity index (χ2n) is 6.18. The number of amidine groups is 1. The summed E-state index contributed by atoms with van der Waals surface area (Å²) in [5, 5.41) is 0.621. The Bertz CT molecular complexity index is 1130. The molecule has 1 saturated heterocycles. The molecule has 3 aromatic rings. The van der Waals surface area contributed by atoms with E-state index in [2.05, 4.69) is 4.99 Å². The van der Waals surface area contributed by atoms with Crippen molar-refractivity contribution in [2.75, 3.05) is 4.90 Å². The van der Waals surface area contributed by atoms with E-state index in [9.17, 15) is 9.59 Å². The molecule has 0 saturated carbocycles. The van der Waals surface area contributed by atoms with Crippen LogP contribution in [-0.4, -0.2) is 17.0 Å². The van der Waals surface area contributed by atoms with Gasteiger partial charge in [-0.1, -0.05) is 72.3 Å². The molecule has 0 bridgehead atoms. The van der Waals surface area contributed by atoms with Crippen molar-refractivity contribution in [2.45, 2.75) is 0 Å². The quantitative estimate of drug-likeness (QED) is 0.516. The fourth-order valence-corrected chi connectivity index (χ4v) is 4.03. The molecule has 1 aliphatic heterocycles. The van der Waals surface area contributed by atoms with Crippen molar-refractivity contribution in [1.29, 1.82) is 0 Å². The Morgan fingerprint density at radius 3 is 2.21 bits per heavy atom. The average molecular weight is 419 g/mol. The minimum atomic E-state index is -0.493. The molecular weight excluding hydrogens is 404 g/mol. The molecule has 4 rings (SSSR count). The van der Waals surface area contributed by atoms with Crippen LogP contribution in [0.2, 0.25) is 5.02 Å². The summed E-state index contributed by atoms with van der Waals surface area (Å²) >= 11 is 7.30. The van der Waals surface area contributed by atoms with Crippen LogP contribution in [0.4, 0.5) is 5.69 Å². The van der Waals surface area contributed by atoms with E-state index in [1.54, 1.807) is 42.5 Å². The summed E-state index contributed by atoms with van der Waals surface area (Å²) in [5.74, 6) is -0.719. The third-order valence-corrected chi connectivity index (χ3v) is 5.52. The first kappa shape index (κ1) is 19.2. The van der Waals surface area contributed by atoms with Gasteiger partial charge in [-0.3, -0.25) is 14.5 Å². The molecule has 0 aromatic heterocycles. The van der Waals surface area contributed by atoms with Gasteiger partial charge in [-0.05, 0) is 47.7 Å². The van der Waals surface area contributed by atoms with Crippen molar-refractivity contribution in [3.63, 3.8) is 0 Å². The molecule has 2 amide bonds. The third-order valence-electron chi connectivity index (χ3n) is 4.22. The molecule has 0 atom stereocenters. The highest BCUT2D eigenvalue weighted by Gasteiger charge is 2.35. The number of halogens is 1. The zero-order valence-electron chi connectivity index (χ0n) is 15.2. The smallest absolute Gasteiger partial charge is 0.268 e. The first-order valence-electron chi connectivity index (χ1n) is 8.85. The average Bonchev–Trinajstić information content (AvgIpc) is 3.04. The van der Waals surface area contributed by atoms with Crippen LogP contribution in [0.1, 0.15) is 15.9 Å². The van der Waals surface area contributed by atoms with E-state index in [4.69, 9.17) is 11.6 Å². The Morgan fingerprint density at radius 2 is 1.52 bits per heavy atom. The van der Waals surface area contributed by atoms with E-state index in [0.29, 0.717) is 26.3 Å². The molecule has 29 heavy (non-hydrogen) atoms. The lowest BCUT2D eigenvalue weighted by atomic mass is 10.2. The van der Waals surface area contributed by atoms with Crippen LogP contribution in [0, 0.1) is 0 Å². The van der Waals surface area contributed by atoms with Gasteiger partial charge in [-0.2, -0.15) is 4.99 Å². The molecule has 6 heteroatoms. The number of hydrogen-bond acceptors (Lipinski definition) is 3. The number of aliphatic imine (C=N–C) groups is 1. The molecule has 0 unspecified atom stereocenters. The van der Waals surface area contributed by atoms with E-state index in [-0.39, 0.29) is 5.91 Å². The largest absolute Gasteiger partial charge is 0.280 e. The summed E-state index contributed by atoms with van der Waals surface area (Å²) in [6.45, 7) is 0.